The zero-order valence-electron chi connectivity index (χ0n) is 8.29. The maximum atomic E-state index is 11.4. The summed E-state index contributed by atoms with van der Waals surface area (Å²) in [4.78, 5) is 13.2. The standard InChI is InChI=1S/C9H18N2O2/c1-7(6-12)8(2)11-5-3-4-10-9(11)13/h7-8,12H,3-6H2,1-2H3,(H,10,13). The Morgan fingerprint density at radius 1 is 1.62 bits per heavy atom. The molecule has 1 saturated heterocycles. The fourth-order valence-corrected chi connectivity index (χ4v) is 1.50. The fourth-order valence-electron chi connectivity index (χ4n) is 1.50. The van der Waals surface area contributed by atoms with Gasteiger partial charge in [0.05, 0.1) is 0 Å². The second-order valence-corrected chi connectivity index (χ2v) is 3.68. The summed E-state index contributed by atoms with van der Waals surface area (Å²) < 4.78 is 0. The van der Waals surface area contributed by atoms with Gasteiger partial charge in [0, 0.05) is 25.7 Å². The summed E-state index contributed by atoms with van der Waals surface area (Å²) in [5.41, 5.74) is 0. The van der Waals surface area contributed by atoms with Crippen LogP contribution in [0.1, 0.15) is 20.3 Å². The second kappa shape index (κ2) is 4.46. The van der Waals surface area contributed by atoms with Crippen molar-refractivity contribution < 1.29 is 9.90 Å². The summed E-state index contributed by atoms with van der Waals surface area (Å²) in [7, 11) is 0. The summed E-state index contributed by atoms with van der Waals surface area (Å²) in [6, 6.07) is 0.115. The third-order valence-electron chi connectivity index (χ3n) is 2.72. The van der Waals surface area contributed by atoms with Gasteiger partial charge in [-0.15, -0.1) is 0 Å². The van der Waals surface area contributed by atoms with E-state index in [2.05, 4.69) is 5.32 Å². The Morgan fingerprint density at radius 3 is 2.85 bits per heavy atom. The highest BCUT2D eigenvalue weighted by molar-refractivity contribution is 5.75. The number of carbonyl (C=O) groups excluding carboxylic acids is 1. The summed E-state index contributed by atoms with van der Waals surface area (Å²) in [5, 5.41) is 11.8. The Hall–Kier alpha value is -0.770. The molecule has 2 amide bonds. The Bertz CT molecular complexity index is 184. The highest BCUT2D eigenvalue weighted by Crippen LogP contribution is 2.12. The summed E-state index contributed by atoms with van der Waals surface area (Å²) in [6.07, 6.45) is 0.994. The number of rotatable bonds is 3. The van der Waals surface area contributed by atoms with Gasteiger partial charge in [-0.3, -0.25) is 0 Å². The van der Waals surface area contributed by atoms with Crippen LogP contribution < -0.4 is 5.32 Å². The van der Waals surface area contributed by atoms with Crippen molar-refractivity contribution in [2.75, 3.05) is 19.7 Å². The molecule has 76 valence electrons. The van der Waals surface area contributed by atoms with Gasteiger partial charge in [-0.05, 0) is 19.3 Å². The average Bonchev–Trinajstić information content (AvgIpc) is 2.16. The molecule has 4 nitrogen and oxygen atoms in total. The molecule has 0 spiro atoms. The number of urea groups is 1. The number of amides is 2. The van der Waals surface area contributed by atoms with Gasteiger partial charge in [-0.1, -0.05) is 6.92 Å². The molecule has 0 saturated carbocycles. The van der Waals surface area contributed by atoms with Crippen molar-refractivity contribution in [2.24, 2.45) is 5.92 Å². The van der Waals surface area contributed by atoms with E-state index in [1.54, 1.807) is 4.90 Å². The van der Waals surface area contributed by atoms with Crippen molar-refractivity contribution >= 4 is 6.03 Å². The van der Waals surface area contributed by atoms with Crippen LogP contribution in [0.3, 0.4) is 0 Å². The minimum atomic E-state index is -0.000880. The van der Waals surface area contributed by atoms with Gasteiger partial charge in [-0.2, -0.15) is 0 Å². The van der Waals surface area contributed by atoms with Crippen molar-refractivity contribution in [2.45, 2.75) is 26.3 Å². The van der Waals surface area contributed by atoms with Crippen LogP contribution in [-0.2, 0) is 0 Å². The molecule has 0 aromatic rings. The molecule has 4 heteroatoms. The maximum Gasteiger partial charge on any atom is 0.317 e. The van der Waals surface area contributed by atoms with E-state index in [-0.39, 0.29) is 24.6 Å². The van der Waals surface area contributed by atoms with E-state index in [9.17, 15) is 4.79 Å². The second-order valence-electron chi connectivity index (χ2n) is 3.68. The Kier molecular flexibility index (Phi) is 3.54. The van der Waals surface area contributed by atoms with Gasteiger partial charge in [0.15, 0.2) is 0 Å². The number of hydrogen-bond donors (Lipinski definition) is 2. The van der Waals surface area contributed by atoms with Gasteiger partial charge in [0.25, 0.3) is 0 Å². The molecule has 13 heavy (non-hydrogen) atoms. The minimum absolute atomic E-state index is 0.000880. The van der Waals surface area contributed by atoms with Crippen molar-refractivity contribution in [1.82, 2.24) is 10.2 Å². The molecule has 0 aromatic carbocycles. The van der Waals surface area contributed by atoms with Crippen molar-refractivity contribution in [3.05, 3.63) is 0 Å². The van der Waals surface area contributed by atoms with E-state index >= 15 is 0 Å². The molecular weight excluding hydrogens is 168 g/mol. The lowest BCUT2D eigenvalue weighted by Crippen LogP contribution is -2.52. The van der Waals surface area contributed by atoms with Gasteiger partial charge in [0.1, 0.15) is 0 Å². The molecule has 2 N–H and O–H groups in total. The van der Waals surface area contributed by atoms with Crippen molar-refractivity contribution in [3.63, 3.8) is 0 Å². The van der Waals surface area contributed by atoms with E-state index in [4.69, 9.17) is 5.11 Å². The van der Waals surface area contributed by atoms with Gasteiger partial charge in [-0.25, -0.2) is 4.79 Å². The highest BCUT2D eigenvalue weighted by Gasteiger charge is 2.25. The number of aliphatic hydroxyl groups is 1. The molecule has 1 rings (SSSR count). The first-order valence-corrected chi connectivity index (χ1v) is 4.82. The lowest BCUT2D eigenvalue weighted by molar-refractivity contribution is 0.118. The highest BCUT2D eigenvalue weighted by atomic mass is 16.3. The predicted molar refractivity (Wildman–Crippen MR) is 50.4 cm³/mol. The van der Waals surface area contributed by atoms with Crippen LogP contribution in [0.2, 0.25) is 0 Å². The summed E-state index contributed by atoms with van der Waals surface area (Å²) in [5.74, 6) is 0.142. The van der Waals surface area contributed by atoms with Crippen molar-refractivity contribution in [1.29, 1.82) is 0 Å². The average molecular weight is 186 g/mol. The van der Waals surface area contributed by atoms with E-state index in [0.29, 0.717) is 0 Å². The van der Waals surface area contributed by atoms with Gasteiger partial charge >= 0.3 is 6.03 Å². The molecule has 1 aliphatic heterocycles. The molecule has 1 fully saturated rings. The smallest absolute Gasteiger partial charge is 0.317 e. The number of carbonyl (C=O) groups is 1. The van der Waals surface area contributed by atoms with Crippen LogP contribution in [0.5, 0.6) is 0 Å². The third-order valence-corrected chi connectivity index (χ3v) is 2.72. The largest absolute Gasteiger partial charge is 0.396 e. The molecule has 1 aliphatic rings. The van der Waals surface area contributed by atoms with E-state index < -0.39 is 0 Å². The van der Waals surface area contributed by atoms with E-state index in [1.165, 1.54) is 0 Å². The van der Waals surface area contributed by atoms with Crippen LogP contribution in [0.15, 0.2) is 0 Å². The zero-order valence-corrected chi connectivity index (χ0v) is 8.29. The Labute approximate surface area is 78.9 Å². The van der Waals surface area contributed by atoms with Crippen molar-refractivity contribution in [3.8, 4) is 0 Å². The monoisotopic (exact) mass is 186 g/mol. The van der Waals surface area contributed by atoms with Crippen LogP contribution >= 0.6 is 0 Å². The predicted octanol–water partition coefficient (Wildman–Crippen LogP) is 0.419. The lowest BCUT2D eigenvalue weighted by Gasteiger charge is -2.35. The SMILES string of the molecule is CC(CO)C(C)N1CCCNC1=O. The van der Waals surface area contributed by atoms with Crippen LogP contribution in [0.25, 0.3) is 0 Å². The zero-order chi connectivity index (χ0) is 9.84. The topological polar surface area (TPSA) is 52.6 Å². The molecule has 1 heterocycles. The molecular formula is C9H18N2O2. The Morgan fingerprint density at radius 2 is 2.31 bits per heavy atom. The van der Waals surface area contributed by atoms with Crippen LogP contribution in [-0.4, -0.2) is 41.8 Å². The number of nitrogens with zero attached hydrogens (tertiary/aromatic N) is 1. The summed E-state index contributed by atoms with van der Waals surface area (Å²) >= 11 is 0. The van der Waals surface area contributed by atoms with E-state index in [1.807, 2.05) is 13.8 Å². The first-order chi connectivity index (χ1) is 6.16. The van der Waals surface area contributed by atoms with Gasteiger partial charge in [0.2, 0.25) is 0 Å². The Balaban J connectivity index is 2.53. The van der Waals surface area contributed by atoms with E-state index in [0.717, 1.165) is 19.5 Å². The molecule has 2 unspecified atom stereocenters. The molecule has 0 radical (unpaired) electrons. The molecule has 0 aliphatic carbocycles. The lowest BCUT2D eigenvalue weighted by atomic mass is 10.0. The van der Waals surface area contributed by atoms with Crippen LogP contribution in [0.4, 0.5) is 4.79 Å². The first-order valence-electron chi connectivity index (χ1n) is 4.82. The van der Waals surface area contributed by atoms with Gasteiger partial charge < -0.3 is 15.3 Å². The first kappa shape index (κ1) is 10.3. The maximum absolute atomic E-state index is 11.4. The number of hydrogen-bond acceptors (Lipinski definition) is 2. The fraction of sp³-hybridized carbons (Fsp3) is 0.889. The molecule has 2 atom stereocenters. The minimum Gasteiger partial charge on any atom is -0.396 e. The third kappa shape index (κ3) is 2.34. The number of aliphatic hydroxyl groups excluding tert-OH is 1. The molecule has 0 aromatic heterocycles. The molecule has 0 bridgehead atoms. The number of nitrogens with one attached hydrogen (secondary N) is 1. The summed E-state index contributed by atoms with van der Waals surface area (Å²) in [6.45, 7) is 5.64. The quantitative estimate of drug-likeness (QED) is 0.671. The normalized spacial score (nSPS) is 22.4. The van der Waals surface area contributed by atoms with Crippen LogP contribution in [0, 0.1) is 5.92 Å².